The highest BCUT2D eigenvalue weighted by molar-refractivity contribution is 6.31. The van der Waals surface area contributed by atoms with Crippen molar-refractivity contribution in [3.8, 4) is 5.75 Å². The Balaban J connectivity index is 0.00000180. The highest BCUT2D eigenvalue weighted by Crippen LogP contribution is 2.29. The first-order valence-electron chi connectivity index (χ1n) is 6.43. The van der Waals surface area contributed by atoms with Crippen molar-refractivity contribution in [3.05, 3.63) is 28.8 Å². The SMILES string of the molecule is CNCC1CCN(Cc2c(Cl)cccc2OC)C1.Cl. The van der Waals surface area contributed by atoms with Gasteiger partial charge in [0.2, 0.25) is 0 Å². The maximum Gasteiger partial charge on any atom is 0.124 e. The van der Waals surface area contributed by atoms with Crippen molar-refractivity contribution in [1.29, 1.82) is 0 Å². The molecule has 0 aromatic heterocycles. The monoisotopic (exact) mass is 304 g/mol. The summed E-state index contributed by atoms with van der Waals surface area (Å²) in [6.45, 7) is 4.25. The van der Waals surface area contributed by atoms with Crippen LogP contribution in [0.15, 0.2) is 18.2 Å². The molecule has 0 aliphatic carbocycles. The van der Waals surface area contributed by atoms with Crippen LogP contribution in [-0.2, 0) is 6.54 Å². The standard InChI is InChI=1S/C14H21ClN2O.ClH/c1-16-8-11-6-7-17(9-11)10-12-13(15)4-3-5-14(12)18-2;/h3-5,11,16H,6-10H2,1-2H3;1H. The molecule has 1 fully saturated rings. The molecule has 1 aliphatic rings. The van der Waals surface area contributed by atoms with Crippen LogP contribution in [0, 0.1) is 5.92 Å². The highest BCUT2D eigenvalue weighted by atomic mass is 35.5. The van der Waals surface area contributed by atoms with Gasteiger partial charge in [-0.1, -0.05) is 17.7 Å². The molecule has 0 bridgehead atoms. The number of nitrogens with one attached hydrogen (secondary N) is 1. The first kappa shape index (κ1) is 16.6. The summed E-state index contributed by atoms with van der Waals surface area (Å²) in [4.78, 5) is 2.45. The lowest BCUT2D eigenvalue weighted by atomic mass is 10.1. The van der Waals surface area contributed by atoms with Crippen molar-refractivity contribution < 1.29 is 4.74 Å². The van der Waals surface area contributed by atoms with Gasteiger partial charge in [0.1, 0.15) is 5.75 Å². The molecule has 19 heavy (non-hydrogen) atoms. The number of likely N-dealkylation sites (tertiary alicyclic amines) is 1. The molecule has 1 saturated heterocycles. The molecule has 1 atom stereocenters. The van der Waals surface area contributed by atoms with Crippen molar-refractivity contribution in [1.82, 2.24) is 10.2 Å². The Bertz CT molecular complexity index is 401. The van der Waals surface area contributed by atoms with Gasteiger partial charge in [-0.25, -0.2) is 0 Å². The van der Waals surface area contributed by atoms with Gasteiger partial charge in [-0.05, 0) is 44.6 Å². The Kier molecular flexibility index (Phi) is 6.94. The zero-order valence-corrected chi connectivity index (χ0v) is 13.1. The molecule has 0 spiro atoms. The van der Waals surface area contributed by atoms with Crippen molar-refractivity contribution in [3.63, 3.8) is 0 Å². The van der Waals surface area contributed by atoms with Crippen LogP contribution in [0.4, 0.5) is 0 Å². The lowest BCUT2D eigenvalue weighted by molar-refractivity contribution is 0.307. The fourth-order valence-electron chi connectivity index (χ4n) is 2.62. The second-order valence-corrected chi connectivity index (χ2v) is 5.28. The van der Waals surface area contributed by atoms with E-state index in [0.717, 1.165) is 48.4 Å². The van der Waals surface area contributed by atoms with Crippen LogP contribution >= 0.6 is 24.0 Å². The number of benzene rings is 1. The molecule has 1 aromatic carbocycles. The average molecular weight is 305 g/mol. The third-order valence-electron chi connectivity index (χ3n) is 3.54. The second kappa shape index (κ2) is 7.95. The summed E-state index contributed by atoms with van der Waals surface area (Å²) in [7, 11) is 3.71. The van der Waals surface area contributed by atoms with Gasteiger partial charge in [-0.2, -0.15) is 0 Å². The summed E-state index contributed by atoms with van der Waals surface area (Å²) in [5, 5.41) is 4.05. The van der Waals surface area contributed by atoms with Gasteiger partial charge >= 0.3 is 0 Å². The minimum atomic E-state index is 0. The number of methoxy groups -OCH3 is 1. The van der Waals surface area contributed by atoms with E-state index in [0.29, 0.717) is 0 Å². The van der Waals surface area contributed by atoms with E-state index in [1.54, 1.807) is 7.11 Å². The van der Waals surface area contributed by atoms with E-state index in [2.05, 4.69) is 10.2 Å². The first-order valence-corrected chi connectivity index (χ1v) is 6.80. The van der Waals surface area contributed by atoms with E-state index in [-0.39, 0.29) is 12.4 Å². The maximum atomic E-state index is 6.27. The molecular formula is C14H22Cl2N2O. The Hall–Kier alpha value is -0.480. The molecule has 3 nitrogen and oxygen atoms in total. The van der Waals surface area contributed by atoms with Crippen LogP contribution in [0.25, 0.3) is 0 Å². The Morgan fingerprint density at radius 3 is 2.95 bits per heavy atom. The number of hydrogen-bond acceptors (Lipinski definition) is 3. The first-order chi connectivity index (χ1) is 8.74. The predicted octanol–water partition coefficient (Wildman–Crippen LogP) is 2.81. The van der Waals surface area contributed by atoms with Crippen LogP contribution in [0.1, 0.15) is 12.0 Å². The van der Waals surface area contributed by atoms with Gasteiger partial charge < -0.3 is 10.1 Å². The van der Waals surface area contributed by atoms with Crippen molar-refractivity contribution in [2.75, 3.05) is 33.8 Å². The Morgan fingerprint density at radius 2 is 2.26 bits per heavy atom. The molecule has 2 rings (SSSR count). The van der Waals surface area contributed by atoms with E-state index in [9.17, 15) is 0 Å². The number of hydrogen-bond donors (Lipinski definition) is 1. The topological polar surface area (TPSA) is 24.5 Å². The summed E-state index contributed by atoms with van der Waals surface area (Å²) in [5.41, 5.74) is 1.10. The average Bonchev–Trinajstić information content (AvgIpc) is 2.80. The Morgan fingerprint density at radius 1 is 1.47 bits per heavy atom. The van der Waals surface area contributed by atoms with Gasteiger partial charge in [-0.3, -0.25) is 4.90 Å². The van der Waals surface area contributed by atoms with Crippen LogP contribution in [0.2, 0.25) is 5.02 Å². The highest BCUT2D eigenvalue weighted by Gasteiger charge is 2.23. The van der Waals surface area contributed by atoms with Gasteiger partial charge in [0.05, 0.1) is 7.11 Å². The minimum absolute atomic E-state index is 0. The van der Waals surface area contributed by atoms with Crippen LogP contribution < -0.4 is 10.1 Å². The maximum absolute atomic E-state index is 6.27. The zero-order valence-electron chi connectivity index (χ0n) is 11.5. The third kappa shape index (κ3) is 4.25. The number of rotatable bonds is 5. The van der Waals surface area contributed by atoms with E-state index >= 15 is 0 Å². The molecule has 1 aliphatic heterocycles. The van der Waals surface area contributed by atoms with E-state index in [4.69, 9.17) is 16.3 Å². The van der Waals surface area contributed by atoms with Gasteiger partial charge in [0.25, 0.3) is 0 Å². The molecule has 1 aromatic rings. The van der Waals surface area contributed by atoms with Gasteiger partial charge in [0, 0.05) is 23.7 Å². The second-order valence-electron chi connectivity index (χ2n) is 4.87. The third-order valence-corrected chi connectivity index (χ3v) is 3.89. The fourth-order valence-corrected chi connectivity index (χ4v) is 2.84. The lowest BCUT2D eigenvalue weighted by Gasteiger charge is -2.18. The van der Waals surface area contributed by atoms with Crippen molar-refractivity contribution in [2.24, 2.45) is 5.92 Å². The molecule has 108 valence electrons. The fraction of sp³-hybridized carbons (Fsp3) is 0.571. The van der Waals surface area contributed by atoms with Gasteiger partial charge in [0.15, 0.2) is 0 Å². The molecule has 1 N–H and O–H groups in total. The predicted molar refractivity (Wildman–Crippen MR) is 82.6 cm³/mol. The lowest BCUT2D eigenvalue weighted by Crippen LogP contribution is -2.24. The van der Waals surface area contributed by atoms with Crippen LogP contribution in [0.5, 0.6) is 5.75 Å². The van der Waals surface area contributed by atoms with Crippen LogP contribution in [-0.4, -0.2) is 38.7 Å². The molecule has 0 amide bonds. The normalized spacial score (nSPS) is 19.2. The molecule has 0 radical (unpaired) electrons. The largest absolute Gasteiger partial charge is 0.496 e. The van der Waals surface area contributed by atoms with Crippen molar-refractivity contribution in [2.45, 2.75) is 13.0 Å². The van der Waals surface area contributed by atoms with E-state index in [1.807, 2.05) is 25.2 Å². The smallest absolute Gasteiger partial charge is 0.124 e. The van der Waals surface area contributed by atoms with Gasteiger partial charge in [-0.15, -0.1) is 12.4 Å². The van der Waals surface area contributed by atoms with E-state index in [1.165, 1.54) is 6.42 Å². The van der Waals surface area contributed by atoms with E-state index < -0.39 is 0 Å². The quantitative estimate of drug-likeness (QED) is 0.905. The summed E-state index contributed by atoms with van der Waals surface area (Å²) in [6.07, 6.45) is 1.26. The number of nitrogens with zero attached hydrogens (tertiary/aromatic N) is 1. The molecule has 0 saturated carbocycles. The number of halogens is 2. The van der Waals surface area contributed by atoms with Crippen molar-refractivity contribution >= 4 is 24.0 Å². The summed E-state index contributed by atoms with van der Waals surface area (Å²) >= 11 is 6.27. The summed E-state index contributed by atoms with van der Waals surface area (Å²) in [5.74, 6) is 1.64. The number of ether oxygens (including phenoxy) is 1. The molecular weight excluding hydrogens is 283 g/mol. The summed E-state index contributed by atoms with van der Waals surface area (Å²) in [6, 6.07) is 5.83. The molecule has 1 unspecified atom stereocenters. The molecule has 1 heterocycles. The van der Waals surface area contributed by atoms with Crippen LogP contribution in [0.3, 0.4) is 0 Å². The zero-order chi connectivity index (χ0) is 13.0. The Labute approximate surface area is 126 Å². The summed E-state index contributed by atoms with van der Waals surface area (Å²) < 4.78 is 5.39. The molecule has 5 heteroatoms. The minimum Gasteiger partial charge on any atom is -0.496 e.